The van der Waals surface area contributed by atoms with Crippen molar-refractivity contribution in [3.05, 3.63) is 24.3 Å². The number of carbonyl (C=O) groups is 1. The van der Waals surface area contributed by atoms with Crippen molar-refractivity contribution in [2.24, 2.45) is 0 Å². The fourth-order valence-electron chi connectivity index (χ4n) is 4.95. The van der Waals surface area contributed by atoms with E-state index in [4.69, 9.17) is 4.74 Å². The average molecular weight is 533 g/mol. The molecule has 0 N–H and O–H groups in total. The summed E-state index contributed by atoms with van der Waals surface area (Å²) in [5.41, 5.74) is 0. The minimum atomic E-state index is 0.0116. The molecule has 0 spiro atoms. The molecule has 2 nitrogen and oxygen atoms in total. The third kappa shape index (κ3) is 33.0. The van der Waals surface area contributed by atoms with Crippen LogP contribution in [-0.2, 0) is 9.53 Å². The number of unbranched alkanes of at least 4 members (excludes halogenated alkanes) is 23. The molecule has 0 unspecified atom stereocenters. The van der Waals surface area contributed by atoms with E-state index in [9.17, 15) is 4.79 Å². The summed E-state index contributed by atoms with van der Waals surface area (Å²) < 4.78 is 5.42. The Hall–Kier alpha value is -1.05. The fourth-order valence-corrected chi connectivity index (χ4v) is 4.95. The number of esters is 1. The molecule has 0 aliphatic carbocycles. The summed E-state index contributed by atoms with van der Waals surface area (Å²) in [7, 11) is 0. The minimum absolute atomic E-state index is 0.0116. The molecule has 0 amide bonds. The molecule has 0 aromatic carbocycles. The molecule has 0 saturated heterocycles. The highest BCUT2D eigenvalue weighted by atomic mass is 16.5. The molecule has 0 atom stereocenters. The zero-order chi connectivity index (χ0) is 27.6. The van der Waals surface area contributed by atoms with Gasteiger partial charge in [0.25, 0.3) is 0 Å². The number of carbonyl (C=O) groups excluding carboxylic acids is 1. The first-order valence-electron chi connectivity index (χ1n) is 17.3. The van der Waals surface area contributed by atoms with Crippen molar-refractivity contribution >= 4 is 5.97 Å². The van der Waals surface area contributed by atoms with E-state index >= 15 is 0 Å². The van der Waals surface area contributed by atoms with Gasteiger partial charge in [0.15, 0.2) is 0 Å². The van der Waals surface area contributed by atoms with Gasteiger partial charge < -0.3 is 4.74 Å². The summed E-state index contributed by atoms with van der Waals surface area (Å²) in [6, 6.07) is 0. The van der Waals surface area contributed by atoms with Gasteiger partial charge in [-0.25, -0.2) is 0 Å². The molecule has 0 bridgehead atoms. The Morgan fingerprint density at radius 1 is 0.421 bits per heavy atom. The lowest BCUT2D eigenvalue weighted by atomic mass is 10.1. The lowest BCUT2D eigenvalue weighted by molar-refractivity contribution is -0.143. The first kappa shape index (κ1) is 37.0. The second-order valence-corrected chi connectivity index (χ2v) is 11.5. The van der Waals surface area contributed by atoms with E-state index < -0.39 is 0 Å². The Morgan fingerprint density at radius 3 is 1.13 bits per heavy atom. The standard InChI is InChI=1S/C36H68O2/c1-3-5-7-9-11-13-15-17-19-21-23-25-27-29-31-33-35-38-36(37)34-32-30-28-26-24-22-20-18-16-14-12-10-8-6-4-2/h16-19H,3-15,20-35H2,1-2H3/b18-16?,19-17-. The number of rotatable bonds is 31. The van der Waals surface area contributed by atoms with Crippen LogP contribution < -0.4 is 0 Å². The molecule has 2 heteroatoms. The van der Waals surface area contributed by atoms with Gasteiger partial charge in [-0.2, -0.15) is 0 Å². The molecule has 0 radical (unpaired) electrons. The van der Waals surface area contributed by atoms with E-state index in [0.29, 0.717) is 13.0 Å². The maximum atomic E-state index is 11.9. The smallest absolute Gasteiger partial charge is 0.305 e. The van der Waals surface area contributed by atoms with E-state index in [0.717, 1.165) is 19.3 Å². The molecular weight excluding hydrogens is 464 g/mol. The second kappa shape index (κ2) is 34.0. The van der Waals surface area contributed by atoms with Crippen LogP contribution in [-0.4, -0.2) is 12.6 Å². The topological polar surface area (TPSA) is 26.3 Å². The van der Waals surface area contributed by atoms with E-state index in [1.165, 1.54) is 154 Å². The van der Waals surface area contributed by atoms with Crippen LogP contribution in [0.4, 0.5) is 0 Å². The predicted octanol–water partition coefficient (Wildman–Crippen LogP) is 12.6. The summed E-state index contributed by atoms with van der Waals surface area (Å²) >= 11 is 0. The van der Waals surface area contributed by atoms with Crippen LogP contribution in [0.15, 0.2) is 24.3 Å². The van der Waals surface area contributed by atoms with Crippen LogP contribution >= 0.6 is 0 Å². The van der Waals surface area contributed by atoms with Crippen molar-refractivity contribution in [1.29, 1.82) is 0 Å². The summed E-state index contributed by atoms with van der Waals surface area (Å²) in [6.07, 6.45) is 45.2. The van der Waals surface area contributed by atoms with Gasteiger partial charge in [-0.15, -0.1) is 0 Å². The van der Waals surface area contributed by atoms with Crippen molar-refractivity contribution in [3.8, 4) is 0 Å². The van der Waals surface area contributed by atoms with Gasteiger partial charge in [0.2, 0.25) is 0 Å². The van der Waals surface area contributed by atoms with Gasteiger partial charge in [0.05, 0.1) is 6.61 Å². The maximum Gasteiger partial charge on any atom is 0.305 e. The van der Waals surface area contributed by atoms with Crippen LogP contribution in [0.2, 0.25) is 0 Å². The monoisotopic (exact) mass is 533 g/mol. The largest absolute Gasteiger partial charge is 0.466 e. The van der Waals surface area contributed by atoms with E-state index in [1.54, 1.807) is 0 Å². The highest BCUT2D eigenvalue weighted by molar-refractivity contribution is 5.69. The number of hydrogen-bond donors (Lipinski definition) is 0. The lowest BCUT2D eigenvalue weighted by Gasteiger charge is -2.05. The molecule has 0 aliphatic rings. The highest BCUT2D eigenvalue weighted by Crippen LogP contribution is 2.12. The third-order valence-electron chi connectivity index (χ3n) is 7.56. The van der Waals surface area contributed by atoms with Crippen molar-refractivity contribution in [1.82, 2.24) is 0 Å². The molecule has 0 aliphatic heterocycles. The van der Waals surface area contributed by atoms with E-state index in [1.807, 2.05) is 0 Å². The molecule has 0 heterocycles. The van der Waals surface area contributed by atoms with Crippen molar-refractivity contribution in [3.63, 3.8) is 0 Å². The first-order valence-corrected chi connectivity index (χ1v) is 17.3. The van der Waals surface area contributed by atoms with Gasteiger partial charge in [-0.1, -0.05) is 147 Å². The van der Waals surface area contributed by atoms with Crippen molar-refractivity contribution < 1.29 is 9.53 Å². The molecule has 0 fully saturated rings. The Morgan fingerprint density at radius 2 is 0.737 bits per heavy atom. The van der Waals surface area contributed by atoms with Crippen LogP contribution in [0.25, 0.3) is 0 Å². The quantitative estimate of drug-likeness (QED) is 0.0504. The number of allylic oxidation sites excluding steroid dienone is 4. The van der Waals surface area contributed by atoms with Crippen molar-refractivity contribution in [2.75, 3.05) is 6.61 Å². The number of hydrogen-bond acceptors (Lipinski definition) is 2. The molecule has 38 heavy (non-hydrogen) atoms. The van der Waals surface area contributed by atoms with Gasteiger partial charge in [-0.3, -0.25) is 4.79 Å². The summed E-state index contributed by atoms with van der Waals surface area (Å²) in [5.74, 6) is 0.0116. The zero-order valence-corrected chi connectivity index (χ0v) is 26.1. The predicted molar refractivity (Wildman–Crippen MR) is 170 cm³/mol. The SMILES string of the molecule is CCCCCCCC=CCCCCCCCCC(=O)OCCCCCCCC/C=C\CCCCCCCC. The van der Waals surface area contributed by atoms with Gasteiger partial charge in [0.1, 0.15) is 0 Å². The Labute approximate surface area is 239 Å². The van der Waals surface area contributed by atoms with Gasteiger partial charge >= 0.3 is 5.97 Å². The summed E-state index contributed by atoms with van der Waals surface area (Å²) in [4.78, 5) is 11.9. The van der Waals surface area contributed by atoms with Gasteiger partial charge in [0, 0.05) is 6.42 Å². The molecular formula is C36H68O2. The zero-order valence-electron chi connectivity index (χ0n) is 26.1. The Kier molecular flexibility index (Phi) is 33.0. The van der Waals surface area contributed by atoms with Crippen molar-refractivity contribution in [2.45, 2.75) is 194 Å². The molecule has 0 aromatic rings. The normalized spacial score (nSPS) is 11.7. The third-order valence-corrected chi connectivity index (χ3v) is 7.56. The van der Waals surface area contributed by atoms with Crippen LogP contribution in [0.1, 0.15) is 194 Å². The molecule has 0 saturated carbocycles. The average Bonchev–Trinajstić information content (AvgIpc) is 2.92. The highest BCUT2D eigenvalue weighted by Gasteiger charge is 2.02. The van der Waals surface area contributed by atoms with Crippen LogP contribution in [0, 0.1) is 0 Å². The molecule has 0 rings (SSSR count). The molecule has 224 valence electrons. The lowest BCUT2D eigenvalue weighted by Crippen LogP contribution is -2.05. The first-order chi connectivity index (χ1) is 18.8. The number of ether oxygens (including phenoxy) is 1. The summed E-state index contributed by atoms with van der Waals surface area (Å²) in [5, 5.41) is 0. The maximum absolute atomic E-state index is 11.9. The second-order valence-electron chi connectivity index (χ2n) is 11.5. The minimum Gasteiger partial charge on any atom is -0.466 e. The van der Waals surface area contributed by atoms with Gasteiger partial charge in [-0.05, 0) is 64.2 Å². The van der Waals surface area contributed by atoms with Crippen LogP contribution in [0.5, 0.6) is 0 Å². The Bertz CT molecular complexity index is 507. The fraction of sp³-hybridized carbons (Fsp3) is 0.861. The van der Waals surface area contributed by atoms with E-state index in [2.05, 4.69) is 38.2 Å². The molecule has 0 aromatic heterocycles. The Balaban J connectivity index is 3.22. The summed E-state index contributed by atoms with van der Waals surface area (Å²) in [6.45, 7) is 5.17. The van der Waals surface area contributed by atoms with E-state index in [-0.39, 0.29) is 5.97 Å². The van der Waals surface area contributed by atoms with Crippen LogP contribution in [0.3, 0.4) is 0 Å².